The van der Waals surface area contributed by atoms with E-state index >= 15 is 0 Å². The quantitative estimate of drug-likeness (QED) is 0.544. The van der Waals surface area contributed by atoms with Crippen LogP contribution in [-0.4, -0.2) is 13.2 Å². The van der Waals surface area contributed by atoms with E-state index < -0.39 is 0 Å². The molecular formula is C16H25O. The normalized spacial score (nSPS) is 10.6. The fraction of sp³-hybridized carbons (Fsp3) is 0.625. The molecule has 1 aromatic rings. The third-order valence-electron chi connectivity index (χ3n) is 2.96. The van der Waals surface area contributed by atoms with E-state index in [0.717, 1.165) is 19.6 Å². The molecule has 0 aliphatic carbocycles. The lowest BCUT2D eigenvalue weighted by molar-refractivity contribution is 0.133. The van der Waals surface area contributed by atoms with E-state index in [0.29, 0.717) is 0 Å². The highest BCUT2D eigenvalue weighted by Gasteiger charge is 1.93. The molecule has 0 spiro atoms. The Hall–Kier alpha value is -0.820. The standard InChI is InChI=1S/C16H25O/c1-2-3-4-5-6-10-14-17-15-13-16-11-8-7-9-12-16/h8-9,11-12H,2-6,10,13-15H2,1H3. The third-order valence-corrected chi connectivity index (χ3v) is 2.96. The highest BCUT2D eigenvalue weighted by molar-refractivity contribution is 5.13. The summed E-state index contributed by atoms with van der Waals surface area (Å²) in [5, 5.41) is 0. The number of rotatable bonds is 10. The van der Waals surface area contributed by atoms with Crippen LogP contribution >= 0.6 is 0 Å². The molecular weight excluding hydrogens is 208 g/mol. The molecule has 0 N–H and O–H groups in total. The summed E-state index contributed by atoms with van der Waals surface area (Å²) in [6.07, 6.45) is 9.01. The van der Waals surface area contributed by atoms with Crippen LogP contribution in [0.25, 0.3) is 0 Å². The second-order valence-corrected chi connectivity index (χ2v) is 4.54. The van der Waals surface area contributed by atoms with Crippen LogP contribution < -0.4 is 0 Å². The van der Waals surface area contributed by atoms with E-state index in [1.54, 1.807) is 0 Å². The van der Waals surface area contributed by atoms with Crippen molar-refractivity contribution in [3.63, 3.8) is 0 Å². The summed E-state index contributed by atoms with van der Waals surface area (Å²) in [6.45, 7) is 4.02. The van der Waals surface area contributed by atoms with Crippen molar-refractivity contribution in [2.24, 2.45) is 0 Å². The Morgan fingerprint density at radius 2 is 1.65 bits per heavy atom. The van der Waals surface area contributed by atoms with Crippen molar-refractivity contribution in [2.45, 2.75) is 51.9 Å². The second kappa shape index (κ2) is 10.3. The average molecular weight is 233 g/mol. The molecule has 0 aliphatic rings. The summed E-state index contributed by atoms with van der Waals surface area (Å²) in [5.74, 6) is 0. The first-order valence-electron chi connectivity index (χ1n) is 6.96. The molecule has 0 aliphatic heterocycles. The minimum absolute atomic E-state index is 0.846. The van der Waals surface area contributed by atoms with Gasteiger partial charge in [0.05, 0.1) is 6.61 Å². The molecule has 0 bridgehead atoms. The molecule has 0 unspecified atom stereocenters. The number of ether oxygens (including phenoxy) is 1. The van der Waals surface area contributed by atoms with Gasteiger partial charge < -0.3 is 4.74 Å². The van der Waals surface area contributed by atoms with Crippen LogP contribution in [0.5, 0.6) is 0 Å². The average Bonchev–Trinajstić information content (AvgIpc) is 2.38. The second-order valence-electron chi connectivity index (χ2n) is 4.54. The minimum atomic E-state index is 0.846. The number of hydrogen-bond acceptors (Lipinski definition) is 1. The molecule has 1 heteroatoms. The van der Waals surface area contributed by atoms with Gasteiger partial charge in [0.1, 0.15) is 0 Å². The van der Waals surface area contributed by atoms with Gasteiger partial charge in [0, 0.05) is 6.61 Å². The first-order valence-corrected chi connectivity index (χ1v) is 6.96. The molecule has 1 rings (SSSR count). The Kier molecular flexibility index (Phi) is 8.66. The zero-order valence-electron chi connectivity index (χ0n) is 11.1. The van der Waals surface area contributed by atoms with Crippen LogP contribution in [0.4, 0.5) is 0 Å². The van der Waals surface area contributed by atoms with Crippen molar-refractivity contribution in [1.29, 1.82) is 0 Å². The molecule has 0 saturated carbocycles. The van der Waals surface area contributed by atoms with Crippen LogP contribution in [0, 0.1) is 6.07 Å². The minimum Gasteiger partial charge on any atom is -0.381 e. The summed E-state index contributed by atoms with van der Waals surface area (Å²) < 4.78 is 5.63. The van der Waals surface area contributed by atoms with Crippen molar-refractivity contribution in [2.75, 3.05) is 13.2 Å². The summed E-state index contributed by atoms with van der Waals surface area (Å²) >= 11 is 0. The van der Waals surface area contributed by atoms with Crippen molar-refractivity contribution >= 4 is 0 Å². The lowest BCUT2D eigenvalue weighted by Crippen LogP contribution is -2.00. The van der Waals surface area contributed by atoms with Gasteiger partial charge in [0.2, 0.25) is 0 Å². The van der Waals surface area contributed by atoms with Gasteiger partial charge in [-0.05, 0) is 24.5 Å². The Balaban J connectivity index is 1.85. The molecule has 0 aromatic heterocycles. The van der Waals surface area contributed by atoms with Crippen LogP contribution in [-0.2, 0) is 11.2 Å². The fourth-order valence-corrected chi connectivity index (χ4v) is 1.86. The molecule has 1 aromatic carbocycles. The molecule has 0 saturated heterocycles. The maximum Gasteiger partial charge on any atom is 0.0506 e. The Bertz CT molecular complexity index is 255. The maximum absolute atomic E-state index is 5.63. The van der Waals surface area contributed by atoms with E-state index in [1.165, 1.54) is 44.1 Å². The Morgan fingerprint density at radius 1 is 0.941 bits per heavy atom. The predicted molar refractivity (Wildman–Crippen MR) is 73.2 cm³/mol. The predicted octanol–water partition coefficient (Wildman–Crippen LogP) is 4.41. The van der Waals surface area contributed by atoms with E-state index in [-0.39, 0.29) is 0 Å². The highest BCUT2D eigenvalue weighted by atomic mass is 16.5. The number of hydrogen-bond donors (Lipinski definition) is 0. The summed E-state index contributed by atoms with van der Waals surface area (Å²) in [5.41, 5.74) is 1.34. The van der Waals surface area contributed by atoms with Crippen molar-refractivity contribution in [1.82, 2.24) is 0 Å². The first kappa shape index (κ1) is 14.2. The molecule has 17 heavy (non-hydrogen) atoms. The smallest absolute Gasteiger partial charge is 0.0506 e. The molecule has 1 radical (unpaired) electrons. The van der Waals surface area contributed by atoms with Gasteiger partial charge >= 0.3 is 0 Å². The van der Waals surface area contributed by atoms with Gasteiger partial charge in [-0.3, -0.25) is 0 Å². The van der Waals surface area contributed by atoms with Crippen LogP contribution in [0.2, 0.25) is 0 Å². The van der Waals surface area contributed by atoms with E-state index in [2.05, 4.69) is 25.1 Å². The number of benzene rings is 1. The Labute approximate surface area is 106 Å². The summed E-state index contributed by atoms with van der Waals surface area (Å²) in [6, 6.07) is 11.2. The lowest BCUT2D eigenvalue weighted by Gasteiger charge is -2.04. The summed E-state index contributed by atoms with van der Waals surface area (Å²) in [7, 11) is 0. The van der Waals surface area contributed by atoms with Crippen molar-refractivity contribution in [3.05, 3.63) is 35.9 Å². The fourth-order valence-electron chi connectivity index (χ4n) is 1.86. The SMILES string of the molecule is CCCCCCCCOCCc1cc[c]cc1. The van der Waals surface area contributed by atoms with Gasteiger partial charge in [-0.25, -0.2) is 0 Å². The van der Waals surface area contributed by atoms with Crippen molar-refractivity contribution < 1.29 is 4.74 Å². The van der Waals surface area contributed by atoms with Gasteiger partial charge in [0.25, 0.3) is 0 Å². The van der Waals surface area contributed by atoms with Crippen LogP contribution in [0.3, 0.4) is 0 Å². The third kappa shape index (κ3) is 7.98. The highest BCUT2D eigenvalue weighted by Crippen LogP contribution is 2.05. The van der Waals surface area contributed by atoms with Gasteiger partial charge in [-0.15, -0.1) is 0 Å². The van der Waals surface area contributed by atoms with Crippen LogP contribution in [0.15, 0.2) is 24.3 Å². The molecule has 1 nitrogen and oxygen atoms in total. The zero-order valence-corrected chi connectivity index (χ0v) is 11.1. The molecule has 0 amide bonds. The maximum atomic E-state index is 5.63. The number of unbranched alkanes of at least 4 members (excludes halogenated alkanes) is 5. The van der Waals surface area contributed by atoms with E-state index in [9.17, 15) is 0 Å². The molecule has 0 fully saturated rings. The molecule has 95 valence electrons. The van der Waals surface area contributed by atoms with Gasteiger partial charge in [-0.1, -0.05) is 63.3 Å². The summed E-state index contributed by atoms with van der Waals surface area (Å²) in [4.78, 5) is 0. The largest absolute Gasteiger partial charge is 0.381 e. The van der Waals surface area contributed by atoms with E-state index in [4.69, 9.17) is 4.74 Å². The lowest BCUT2D eigenvalue weighted by atomic mass is 10.1. The Morgan fingerprint density at radius 3 is 2.41 bits per heavy atom. The zero-order chi connectivity index (χ0) is 12.2. The van der Waals surface area contributed by atoms with Crippen molar-refractivity contribution in [3.8, 4) is 0 Å². The first-order chi connectivity index (χ1) is 8.43. The monoisotopic (exact) mass is 233 g/mol. The van der Waals surface area contributed by atoms with E-state index in [1.807, 2.05) is 12.1 Å². The molecule has 0 atom stereocenters. The van der Waals surface area contributed by atoms with Gasteiger partial charge in [-0.2, -0.15) is 0 Å². The topological polar surface area (TPSA) is 9.23 Å². The van der Waals surface area contributed by atoms with Gasteiger partial charge in [0.15, 0.2) is 0 Å². The molecule has 0 heterocycles. The van der Waals surface area contributed by atoms with Crippen LogP contribution in [0.1, 0.15) is 51.0 Å².